The molecule has 32 heavy (non-hydrogen) atoms. The minimum Gasteiger partial charge on any atom is -0.465 e. The number of nitrogens with one attached hydrogen (secondary N) is 1. The summed E-state index contributed by atoms with van der Waals surface area (Å²) in [6.45, 7) is 4.40. The number of hydrazone groups is 1. The van der Waals surface area contributed by atoms with Gasteiger partial charge in [0.15, 0.2) is 0 Å². The molecule has 5 heteroatoms. The second-order valence-electron chi connectivity index (χ2n) is 7.60. The second kappa shape index (κ2) is 9.88. The van der Waals surface area contributed by atoms with Gasteiger partial charge in [0.1, 0.15) is 5.76 Å². The number of pyridine rings is 1. The number of aromatic nitrogens is 1. The van der Waals surface area contributed by atoms with Crippen molar-refractivity contribution in [3.8, 4) is 11.3 Å². The zero-order valence-corrected chi connectivity index (χ0v) is 18.2. The highest BCUT2D eigenvalue weighted by Gasteiger charge is 2.14. The fraction of sp³-hybridized carbons (Fsp3) is 0.148. The predicted molar refractivity (Wildman–Crippen MR) is 130 cm³/mol. The molecule has 0 unspecified atom stereocenters. The van der Waals surface area contributed by atoms with Crippen molar-refractivity contribution >= 4 is 29.1 Å². The molecule has 0 aliphatic rings. The van der Waals surface area contributed by atoms with Gasteiger partial charge in [-0.1, -0.05) is 56.3 Å². The lowest BCUT2D eigenvalue weighted by Gasteiger charge is -2.11. The van der Waals surface area contributed by atoms with E-state index in [0.717, 1.165) is 28.6 Å². The molecule has 0 radical (unpaired) electrons. The average Bonchev–Trinajstić information content (AvgIpc) is 3.36. The van der Waals surface area contributed by atoms with Crippen LogP contribution in [0.2, 0.25) is 0 Å². The van der Waals surface area contributed by atoms with Gasteiger partial charge in [0.25, 0.3) is 5.91 Å². The maximum absolute atomic E-state index is 12.9. The van der Waals surface area contributed by atoms with Crippen LogP contribution in [0.25, 0.3) is 28.2 Å². The van der Waals surface area contributed by atoms with E-state index in [0.29, 0.717) is 17.2 Å². The third kappa shape index (κ3) is 4.83. The minimum atomic E-state index is -0.288. The molecule has 4 rings (SSSR count). The number of allylic oxidation sites excluding steroid dienone is 1. The lowest BCUT2D eigenvalue weighted by Crippen LogP contribution is -2.18. The van der Waals surface area contributed by atoms with Gasteiger partial charge in [0, 0.05) is 17.2 Å². The number of fused-ring (bicyclic) bond motifs is 1. The van der Waals surface area contributed by atoms with Gasteiger partial charge in [-0.15, -0.1) is 0 Å². The van der Waals surface area contributed by atoms with E-state index in [1.165, 1.54) is 11.8 Å². The third-order valence-electron chi connectivity index (χ3n) is 5.48. The summed E-state index contributed by atoms with van der Waals surface area (Å²) in [6.07, 6.45) is 7.67. The number of nitrogens with zero attached hydrogens (tertiary/aromatic N) is 2. The highest BCUT2D eigenvalue weighted by Crippen LogP contribution is 2.27. The van der Waals surface area contributed by atoms with Gasteiger partial charge >= 0.3 is 0 Å². The van der Waals surface area contributed by atoms with Crippen LogP contribution in [0.1, 0.15) is 47.9 Å². The van der Waals surface area contributed by atoms with E-state index >= 15 is 0 Å². The van der Waals surface area contributed by atoms with Gasteiger partial charge in [-0.2, -0.15) is 5.10 Å². The molecule has 1 amide bonds. The first-order valence-electron chi connectivity index (χ1n) is 10.7. The van der Waals surface area contributed by atoms with Crippen molar-refractivity contribution in [3.05, 3.63) is 96.0 Å². The molecule has 5 nitrogen and oxygen atoms in total. The topological polar surface area (TPSA) is 67.5 Å². The van der Waals surface area contributed by atoms with Crippen LogP contribution in [0.3, 0.4) is 0 Å². The van der Waals surface area contributed by atoms with Crippen LogP contribution in [0.5, 0.6) is 0 Å². The molecule has 0 saturated carbocycles. The van der Waals surface area contributed by atoms with Crippen molar-refractivity contribution in [1.82, 2.24) is 10.4 Å². The Hall–Kier alpha value is -3.99. The molecule has 0 aliphatic carbocycles. The fourth-order valence-corrected chi connectivity index (χ4v) is 3.45. The summed E-state index contributed by atoms with van der Waals surface area (Å²) in [4.78, 5) is 17.7. The largest absolute Gasteiger partial charge is 0.465 e. The van der Waals surface area contributed by atoms with Crippen LogP contribution in [0.4, 0.5) is 0 Å². The number of amides is 1. The highest BCUT2D eigenvalue weighted by atomic mass is 16.3. The van der Waals surface area contributed by atoms with Crippen molar-refractivity contribution < 1.29 is 9.21 Å². The number of hydrogen-bond donors (Lipinski definition) is 1. The van der Waals surface area contributed by atoms with Crippen LogP contribution in [-0.4, -0.2) is 17.1 Å². The summed E-state index contributed by atoms with van der Waals surface area (Å²) in [5.74, 6) is 0.935. The van der Waals surface area contributed by atoms with E-state index in [1.54, 1.807) is 18.4 Å². The molecule has 0 fully saturated rings. The summed E-state index contributed by atoms with van der Waals surface area (Å²) < 4.78 is 5.22. The van der Waals surface area contributed by atoms with Gasteiger partial charge < -0.3 is 4.42 Å². The molecule has 2 heterocycles. The molecule has 2 aromatic heterocycles. The summed E-state index contributed by atoms with van der Waals surface area (Å²) in [6, 6.07) is 21.5. The number of carbonyl (C=O) groups excluding carboxylic acids is 1. The Morgan fingerprint density at radius 1 is 1.12 bits per heavy atom. The van der Waals surface area contributed by atoms with Crippen LogP contribution >= 0.6 is 0 Å². The lowest BCUT2D eigenvalue weighted by molar-refractivity contribution is 0.0956. The molecule has 160 valence electrons. The monoisotopic (exact) mass is 423 g/mol. The number of carbonyl (C=O) groups is 1. The first-order chi connectivity index (χ1) is 15.7. The maximum Gasteiger partial charge on any atom is 0.272 e. The van der Waals surface area contributed by atoms with Crippen molar-refractivity contribution in [1.29, 1.82) is 0 Å². The van der Waals surface area contributed by atoms with Crippen molar-refractivity contribution in [2.75, 3.05) is 0 Å². The molecule has 4 aromatic rings. The molecular weight excluding hydrogens is 398 g/mol. The Balaban J connectivity index is 1.60. The average molecular weight is 424 g/mol. The van der Waals surface area contributed by atoms with Crippen LogP contribution < -0.4 is 5.43 Å². The summed E-state index contributed by atoms with van der Waals surface area (Å²) >= 11 is 0. The Labute approximate surface area is 187 Å². The number of rotatable bonds is 7. The number of furan rings is 1. The van der Waals surface area contributed by atoms with Gasteiger partial charge in [0.2, 0.25) is 0 Å². The SMILES string of the molecule is CC[C@H](C)c1ccc(-c2cc(C(=O)N/N=C\C=C\c3ccco3)c3ccccc3n2)cc1. The molecule has 2 aromatic carbocycles. The zero-order valence-electron chi connectivity index (χ0n) is 18.2. The Morgan fingerprint density at radius 3 is 2.69 bits per heavy atom. The maximum atomic E-state index is 12.9. The summed E-state index contributed by atoms with van der Waals surface area (Å²) in [7, 11) is 0. The summed E-state index contributed by atoms with van der Waals surface area (Å²) in [5, 5.41) is 4.81. The van der Waals surface area contributed by atoms with E-state index < -0.39 is 0 Å². The smallest absolute Gasteiger partial charge is 0.272 e. The van der Waals surface area contributed by atoms with E-state index in [2.05, 4.69) is 48.6 Å². The van der Waals surface area contributed by atoms with E-state index in [1.807, 2.05) is 42.5 Å². The van der Waals surface area contributed by atoms with Crippen LogP contribution in [0.15, 0.2) is 88.6 Å². The first kappa shape index (κ1) is 21.2. The molecule has 0 aliphatic heterocycles. The van der Waals surface area contributed by atoms with Gasteiger partial charge in [-0.25, -0.2) is 10.4 Å². The molecule has 0 bridgehead atoms. The van der Waals surface area contributed by atoms with Crippen molar-refractivity contribution in [3.63, 3.8) is 0 Å². The van der Waals surface area contributed by atoms with Gasteiger partial charge in [0.05, 0.1) is 23.0 Å². The Kier molecular flexibility index (Phi) is 6.56. The zero-order chi connectivity index (χ0) is 22.3. The normalized spacial score (nSPS) is 12.6. The molecule has 1 N–H and O–H groups in total. The van der Waals surface area contributed by atoms with Gasteiger partial charge in [-0.05, 0) is 54.3 Å². The molecule has 1 atom stereocenters. The van der Waals surface area contributed by atoms with E-state index in [4.69, 9.17) is 9.40 Å². The van der Waals surface area contributed by atoms with Crippen LogP contribution in [0, 0.1) is 0 Å². The number of para-hydroxylation sites is 1. The molecule has 0 saturated heterocycles. The fourth-order valence-electron chi connectivity index (χ4n) is 3.45. The number of benzene rings is 2. The Morgan fingerprint density at radius 2 is 1.94 bits per heavy atom. The third-order valence-corrected chi connectivity index (χ3v) is 5.48. The van der Waals surface area contributed by atoms with Crippen LogP contribution in [-0.2, 0) is 0 Å². The second-order valence-corrected chi connectivity index (χ2v) is 7.60. The minimum absolute atomic E-state index is 0.288. The predicted octanol–water partition coefficient (Wildman–Crippen LogP) is 6.44. The highest BCUT2D eigenvalue weighted by molar-refractivity contribution is 6.07. The lowest BCUT2D eigenvalue weighted by atomic mass is 9.96. The number of hydrogen-bond acceptors (Lipinski definition) is 4. The summed E-state index contributed by atoms with van der Waals surface area (Å²) in [5.41, 5.74) is 6.93. The quantitative estimate of drug-likeness (QED) is 0.275. The van der Waals surface area contributed by atoms with E-state index in [-0.39, 0.29) is 5.91 Å². The van der Waals surface area contributed by atoms with Gasteiger partial charge in [-0.3, -0.25) is 4.79 Å². The molecule has 0 spiro atoms. The van der Waals surface area contributed by atoms with Crippen molar-refractivity contribution in [2.45, 2.75) is 26.2 Å². The Bertz CT molecular complexity index is 1260. The first-order valence-corrected chi connectivity index (χ1v) is 10.7. The molecular formula is C27H25N3O2. The standard InChI is InChI=1S/C27H25N3O2/c1-3-19(2)20-12-14-21(15-13-20)26-18-24(23-10-4-5-11-25(23)29-26)27(31)30-28-16-6-8-22-9-7-17-32-22/h4-19H,3H2,1-2H3,(H,30,31)/b8-6+,28-16-/t19-/m0/s1. The van der Waals surface area contributed by atoms with E-state index in [9.17, 15) is 4.79 Å². The van der Waals surface area contributed by atoms with Crippen molar-refractivity contribution in [2.24, 2.45) is 5.10 Å².